The summed E-state index contributed by atoms with van der Waals surface area (Å²) in [5, 5.41) is 20.7. The van der Waals surface area contributed by atoms with Gasteiger partial charge in [0, 0.05) is 67.1 Å². The predicted octanol–water partition coefficient (Wildman–Crippen LogP) is 6.83. The number of ether oxygens (including phenoxy) is 2. The highest BCUT2D eigenvalue weighted by atomic mass is 32.1. The van der Waals surface area contributed by atoms with Crippen LogP contribution in [0.1, 0.15) is 87.1 Å². The highest BCUT2D eigenvalue weighted by molar-refractivity contribution is 7.12. The van der Waals surface area contributed by atoms with E-state index in [1.165, 1.54) is 22.3 Å². The number of hydrogen-bond donors (Lipinski definition) is 4. The van der Waals surface area contributed by atoms with Crippen LogP contribution in [0.2, 0.25) is 0 Å². The molecule has 4 amide bonds. The van der Waals surface area contributed by atoms with Crippen LogP contribution in [0.3, 0.4) is 0 Å². The number of amides is 4. The van der Waals surface area contributed by atoms with Crippen LogP contribution >= 0.6 is 11.3 Å². The topological polar surface area (TPSA) is 197 Å². The number of likely N-dealkylation sites (N-methyl/N-ethyl adjacent to an activating group) is 1. The predicted molar refractivity (Wildman–Crippen MR) is 257 cm³/mol. The molecule has 2 aliphatic rings. The van der Waals surface area contributed by atoms with Crippen LogP contribution in [0.15, 0.2) is 72.8 Å². The molecule has 0 spiro atoms. The first-order chi connectivity index (χ1) is 31.9. The van der Waals surface area contributed by atoms with Gasteiger partial charge in [0.1, 0.15) is 29.7 Å². The number of hydrazine groups is 1. The molecule has 4 atom stereocenters. The number of aryl methyl sites for hydroxylation is 1. The van der Waals surface area contributed by atoms with Crippen LogP contribution in [-0.4, -0.2) is 105 Å². The number of phenols is 1. The quantitative estimate of drug-likeness (QED) is 0.0801. The molecule has 1 fully saturated rings. The molecule has 2 aromatic carbocycles. The molecule has 3 aromatic heterocycles. The zero-order valence-corrected chi connectivity index (χ0v) is 40.2. The van der Waals surface area contributed by atoms with Crippen LogP contribution in [0, 0.1) is 11.3 Å². The number of hydrogen-bond acceptors (Lipinski definition) is 12. The fourth-order valence-electron chi connectivity index (χ4n) is 9.13. The second-order valence-corrected chi connectivity index (χ2v) is 19.2. The van der Waals surface area contributed by atoms with Crippen molar-refractivity contribution in [3.05, 3.63) is 94.6 Å². The summed E-state index contributed by atoms with van der Waals surface area (Å²) in [6.07, 6.45) is 3.97. The number of fused-ring (bicyclic) bond motifs is 6. The van der Waals surface area contributed by atoms with E-state index in [2.05, 4.69) is 71.2 Å². The maximum absolute atomic E-state index is 14.7. The van der Waals surface area contributed by atoms with Crippen molar-refractivity contribution in [2.45, 2.75) is 98.0 Å². The first-order valence-corrected chi connectivity index (χ1v) is 23.5. The number of cyclic esters (lactones) is 1. The molecule has 7 rings (SSSR count). The fraction of sp³-hybridized carbons (Fsp3) is 0.420. The van der Waals surface area contributed by atoms with Crippen molar-refractivity contribution < 1.29 is 38.6 Å². The van der Waals surface area contributed by atoms with Gasteiger partial charge in [0.2, 0.25) is 11.8 Å². The summed E-state index contributed by atoms with van der Waals surface area (Å²) in [6, 6.07) is 12.2. The van der Waals surface area contributed by atoms with Gasteiger partial charge in [0.25, 0.3) is 11.8 Å². The van der Waals surface area contributed by atoms with Crippen LogP contribution < -0.4 is 16.1 Å². The number of esters is 1. The second-order valence-electron chi connectivity index (χ2n) is 18.4. The summed E-state index contributed by atoms with van der Waals surface area (Å²) in [4.78, 5) is 79.1. The third kappa shape index (κ3) is 10.4. The SMILES string of the molecule is C=CC(=O)Nc1csc(C(=O)N(C)C(C(=O)NC2Cc3cc(O)cc(c3)-c3ccc4c(c3)c(c(-c3cccnc3C(C)OC)n4CC)CC(C)(C)COC(=O)[C@@H]3CCCN(N3)C2=O)C(C)C)n1. The lowest BCUT2D eigenvalue weighted by molar-refractivity contribution is -0.155. The van der Waals surface area contributed by atoms with E-state index >= 15 is 0 Å². The summed E-state index contributed by atoms with van der Waals surface area (Å²) in [7, 11) is 3.15. The highest BCUT2D eigenvalue weighted by Gasteiger charge is 2.38. The average Bonchev–Trinajstić information content (AvgIpc) is 3.90. The minimum absolute atomic E-state index is 0.0300. The van der Waals surface area contributed by atoms with Gasteiger partial charge in [0.05, 0.1) is 24.1 Å². The number of pyridine rings is 1. The molecule has 17 heteroatoms. The Morgan fingerprint density at radius 1 is 1.13 bits per heavy atom. The van der Waals surface area contributed by atoms with Gasteiger partial charge >= 0.3 is 5.97 Å². The minimum atomic E-state index is -1.20. The molecule has 67 heavy (non-hydrogen) atoms. The van der Waals surface area contributed by atoms with Gasteiger partial charge in [0.15, 0.2) is 5.01 Å². The lowest BCUT2D eigenvalue weighted by Gasteiger charge is -2.36. The first-order valence-electron chi connectivity index (χ1n) is 22.6. The van der Waals surface area contributed by atoms with Crippen molar-refractivity contribution in [1.29, 1.82) is 0 Å². The molecule has 3 unspecified atom stereocenters. The van der Waals surface area contributed by atoms with Crippen molar-refractivity contribution in [3.8, 4) is 28.1 Å². The number of rotatable bonds is 11. The molecule has 1 saturated heterocycles. The van der Waals surface area contributed by atoms with Crippen LogP contribution in [0.25, 0.3) is 33.3 Å². The molecule has 16 nitrogen and oxygen atoms in total. The molecule has 5 aromatic rings. The standard InChI is InChI=1S/C50H60N8O8S/c1-10-41(60)53-40-26-67-46(54-40)48(63)56(8)43(28(3)4)45(61)52-38-22-30-20-32(23-33(59)21-30)31-16-17-39-35(24-31)36(44(57(39)11-2)34-14-12-18-51-42(34)29(5)65-9)25-50(6,7)27-66-49(64)37-15-13-19-58(55-37)47(38)62/h10,12,14,16-18,20-21,23-24,26,28-29,37-38,43,55,59H,1,11,13,15,19,22,25,27H2,2-9H3,(H,52,61)(H,53,60)/t29?,37-,38?,43?/m0/s1. The lowest BCUT2D eigenvalue weighted by Crippen LogP contribution is -2.62. The number of phenolic OH excluding ortho intramolecular Hbond substituents is 1. The molecular weight excluding hydrogens is 873 g/mol. The van der Waals surface area contributed by atoms with E-state index in [1.54, 1.807) is 39.3 Å². The molecule has 0 saturated carbocycles. The van der Waals surface area contributed by atoms with E-state index in [1.807, 2.05) is 25.1 Å². The van der Waals surface area contributed by atoms with E-state index in [0.29, 0.717) is 36.9 Å². The lowest BCUT2D eigenvalue weighted by atomic mass is 9.84. The number of thiazole rings is 1. The molecule has 0 radical (unpaired) electrons. The zero-order chi connectivity index (χ0) is 48.3. The van der Waals surface area contributed by atoms with Crippen molar-refractivity contribution >= 4 is 57.7 Å². The molecule has 2 aliphatic heterocycles. The number of anilines is 1. The van der Waals surface area contributed by atoms with Gasteiger partial charge in [-0.2, -0.15) is 0 Å². The Bertz CT molecular complexity index is 2710. The number of nitrogens with one attached hydrogen (secondary N) is 3. The Morgan fingerprint density at radius 2 is 1.91 bits per heavy atom. The van der Waals surface area contributed by atoms with E-state index in [0.717, 1.165) is 56.4 Å². The van der Waals surface area contributed by atoms with Crippen molar-refractivity contribution in [2.75, 3.05) is 32.6 Å². The number of benzene rings is 2. The van der Waals surface area contributed by atoms with Crippen molar-refractivity contribution in [2.24, 2.45) is 11.3 Å². The van der Waals surface area contributed by atoms with Gasteiger partial charge in [-0.1, -0.05) is 46.4 Å². The monoisotopic (exact) mass is 932 g/mol. The van der Waals surface area contributed by atoms with Crippen molar-refractivity contribution in [3.63, 3.8) is 0 Å². The normalized spacial score (nSPS) is 18.4. The number of aromatic nitrogens is 3. The van der Waals surface area contributed by atoms with E-state index in [9.17, 15) is 29.1 Å². The van der Waals surface area contributed by atoms with Gasteiger partial charge < -0.3 is 34.7 Å². The Morgan fingerprint density at radius 3 is 2.63 bits per heavy atom. The smallest absolute Gasteiger partial charge is 0.324 e. The largest absolute Gasteiger partial charge is 0.508 e. The van der Waals surface area contributed by atoms with Crippen LogP contribution in [-0.2, 0) is 48.0 Å². The zero-order valence-electron chi connectivity index (χ0n) is 39.3. The summed E-state index contributed by atoms with van der Waals surface area (Å²) in [5.74, 6) is -2.91. The molecule has 354 valence electrons. The van der Waals surface area contributed by atoms with Crippen LogP contribution in [0.5, 0.6) is 5.75 Å². The molecule has 4 N–H and O–H groups in total. The summed E-state index contributed by atoms with van der Waals surface area (Å²) < 4.78 is 14.2. The van der Waals surface area contributed by atoms with Gasteiger partial charge in [-0.25, -0.2) is 10.4 Å². The fourth-order valence-corrected chi connectivity index (χ4v) is 9.86. The Balaban J connectivity index is 1.31. The van der Waals surface area contributed by atoms with E-state index in [4.69, 9.17) is 14.5 Å². The molecular formula is C50H60N8O8S. The van der Waals surface area contributed by atoms with Gasteiger partial charge in [-0.05, 0) is 104 Å². The Kier molecular flexibility index (Phi) is 14.6. The molecule has 6 bridgehead atoms. The summed E-state index contributed by atoms with van der Waals surface area (Å²) in [6.45, 7) is 16.2. The molecule has 5 heterocycles. The molecule has 0 aliphatic carbocycles. The number of methoxy groups -OCH3 is 1. The Labute approximate surface area is 394 Å². The number of carbonyl (C=O) groups is 5. The van der Waals surface area contributed by atoms with Gasteiger partial charge in [-0.3, -0.25) is 34.0 Å². The Hall–Kier alpha value is -6.43. The first kappa shape index (κ1) is 48.5. The number of aromatic hydroxyl groups is 1. The van der Waals surface area contributed by atoms with Crippen LogP contribution in [0.4, 0.5) is 5.82 Å². The third-order valence-electron chi connectivity index (χ3n) is 12.4. The highest BCUT2D eigenvalue weighted by Crippen LogP contribution is 2.42. The summed E-state index contributed by atoms with van der Waals surface area (Å²) >= 11 is 1.01. The second kappa shape index (κ2) is 20.2. The third-order valence-corrected chi connectivity index (χ3v) is 13.3. The number of nitrogens with zero attached hydrogens (tertiary/aromatic N) is 5. The van der Waals surface area contributed by atoms with E-state index < -0.39 is 59.1 Å². The minimum Gasteiger partial charge on any atom is -0.508 e. The average molecular weight is 933 g/mol. The number of carbonyl (C=O) groups excluding carboxylic acids is 5. The maximum atomic E-state index is 14.7. The maximum Gasteiger partial charge on any atom is 0.324 e. The summed E-state index contributed by atoms with van der Waals surface area (Å²) in [5.41, 5.74) is 9.39. The van der Waals surface area contributed by atoms with E-state index in [-0.39, 0.29) is 42.3 Å². The van der Waals surface area contributed by atoms with Crippen molar-refractivity contribution in [1.82, 2.24) is 35.2 Å². The van der Waals surface area contributed by atoms with Gasteiger partial charge in [-0.15, -0.1) is 11.3 Å².